The van der Waals surface area contributed by atoms with Crippen LogP contribution in [0.4, 0.5) is 0 Å². The largest absolute Gasteiger partial charge is 0.469 e. The molecule has 0 unspecified atom stereocenters. The van der Waals surface area contributed by atoms with Crippen molar-refractivity contribution in [3.05, 3.63) is 0 Å². The summed E-state index contributed by atoms with van der Waals surface area (Å²) in [6.07, 6.45) is 1.43. The van der Waals surface area contributed by atoms with E-state index in [1.54, 1.807) is 0 Å². The van der Waals surface area contributed by atoms with Crippen molar-refractivity contribution >= 4 is 5.97 Å². The number of hydrogen-bond donors (Lipinski definition) is 2. The highest BCUT2D eigenvalue weighted by Gasteiger charge is 2.33. The maximum Gasteiger partial charge on any atom is 0.308 e. The molecular weight excluding hydrogens is 238 g/mol. The molecule has 2 heterocycles. The molecule has 2 fully saturated rings. The first kappa shape index (κ1) is 13.7. The Kier molecular flexibility index (Phi) is 4.94. The quantitative estimate of drug-likeness (QED) is 0.648. The lowest BCUT2D eigenvalue weighted by molar-refractivity contribution is -0.152. The van der Waals surface area contributed by atoms with Crippen LogP contribution < -0.4 is 5.32 Å². The second kappa shape index (κ2) is 6.47. The summed E-state index contributed by atoms with van der Waals surface area (Å²) in [7, 11) is 1.38. The second-order valence-corrected chi connectivity index (χ2v) is 4.86. The molecule has 2 aliphatic rings. The molecule has 0 aliphatic carbocycles. The van der Waals surface area contributed by atoms with E-state index in [4.69, 9.17) is 9.47 Å². The molecule has 2 saturated heterocycles. The maximum atomic E-state index is 11.2. The molecule has 0 saturated carbocycles. The number of ether oxygens (including phenoxy) is 3. The first-order chi connectivity index (χ1) is 8.69. The van der Waals surface area contributed by atoms with Crippen molar-refractivity contribution in [1.29, 1.82) is 0 Å². The van der Waals surface area contributed by atoms with Crippen molar-refractivity contribution in [3.8, 4) is 0 Å². The predicted octanol–water partition coefficient (Wildman–Crippen LogP) is -0.554. The Morgan fingerprint density at radius 3 is 3.06 bits per heavy atom. The zero-order chi connectivity index (χ0) is 13.0. The number of nitrogens with one attached hydrogen (secondary N) is 1. The van der Waals surface area contributed by atoms with Gasteiger partial charge in [-0.1, -0.05) is 0 Å². The minimum Gasteiger partial charge on any atom is -0.469 e. The minimum atomic E-state index is -0.459. The Balaban J connectivity index is 1.85. The van der Waals surface area contributed by atoms with Gasteiger partial charge in [0.15, 0.2) is 0 Å². The average molecular weight is 259 g/mol. The first-order valence-electron chi connectivity index (χ1n) is 6.40. The SMILES string of the molecule is COC(=O)C[C@@H]1CC[C@@H]2NC[C@H](O)COC[C@H]2O1. The summed E-state index contributed by atoms with van der Waals surface area (Å²) in [5.74, 6) is -0.242. The highest BCUT2D eigenvalue weighted by molar-refractivity contribution is 5.69. The van der Waals surface area contributed by atoms with Gasteiger partial charge in [0.1, 0.15) is 0 Å². The normalized spacial score (nSPS) is 37.2. The van der Waals surface area contributed by atoms with Crippen molar-refractivity contribution < 1.29 is 24.1 Å². The number of aliphatic hydroxyl groups excluding tert-OH is 1. The van der Waals surface area contributed by atoms with E-state index in [1.165, 1.54) is 7.11 Å². The Labute approximate surface area is 107 Å². The molecule has 0 spiro atoms. The molecule has 0 aromatic carbocycles. The number of hydrogen-bond acceptors (Lipinski definition) is 6. The molecule has 6 nitrogen and oxygen atoms in total. The van der Waals surface area contributed by atoms with Gasteiger partial charge in [0.25, 0.3) is 0 Å². The van der Waals surface area contributed by atoms with Crippen LogP contribution in [0, 0.1) is 0 Å². The van der Waals surface area contributed by atoms with Crippen LogP contribution in [-0.2, 0) is 19.0 Å². The van der Waals surface area contributed by atoms with E-state index in [-0.39, 0.29) is 24.2 Å². The number of carbonyl (C=O) groups is 1. The lowest BCUT2D eigenvalue weighted by Gasteiger charge is -2.38. The van der Waals surface area contributed by atoms with Crippen molar-refractivity contribution in [2.75, 3.05) is 26.9 Å². The molecule has 2 N–H and O–H groups in total. The molecule has 0 radical (unpaired) electrons. The van der Waals surface area contributed by atoms with Gasteiger partial charge in [0.2, 0.25) is 0 Å². The number of fused-ring (bicyclic) bond motifs is 1. The third-order valence-electron chi connectivity index (χ3n) is 3.45. The van der Waals surface area contributed by atoms with Crippen molar-refractivity contribution in [2.45, 2.75) is 43.6 Å². The van der Waals surface area contributed by atoms with Gasteiger partial charge in [-0.25, -0.2) is 0 Å². The van der Waals surface area contributed by atoms with Crippen molar-refractivity contribution in [3.63, 3.8) is 0 Å². The van der Waals surface area contributed by atoms with Crippen LogP contribution >= 0.6 is 0 Å². The van der Waals surface area contributed by atoms with Gasteiger partial charge in [-0.3, -0.25) is 4.79 Å². The number of β-amino-alcohol motifs (C(OH)–C–C–N with tert-alkyl or cyclic N) is 1. The molecule has 0 aromatic heterocycles. The van der Waals surface area contributed by atoms with Crippen LogP contribution in [0.15, 0.2) is 0 Å². The van der Waals surface area contributed by atoms with Crippen LogP contribution in [-0.4, -0.2) is 62.3 Å². The fourth-order valence-electron chi connectivity index (χ4n) is 2.44. The standard InChI is InChI=1S/C12H21NO5/c1-16-12(15)4-9-2-3-10-11(18-9)7-17-6-8(14)5-13-10/h8-11,13-14H,2-7H2,1H3/t8-,9-,10-,11+/m0/s1. The third kappa shape index (κ3) is 3.65. The topological polar surface area (TPSA) is 77.0 Å². The molecule has 2 aliphatic heterocycles. The third-order valence-corrected chi connectivity index (χ3v) is 3.45. The first-order valence-corrected chi connectivity index (χ1v) is 6.40. The van der Waals surface area contributed by atoms with E-state index in [9.17, 15) is 9.90 Å². The molecule has 0 aromatic rings. The zero-order valence-electron chi connectivity index (χ0n) is 10.6. The Bertz CT molecular complexity index is 286. The lowest BCUT2D eigenvalue weighted by Crippen LogP contribution is -2.53. The van der Waals surface area contributed by atoms with Crippen LogP contribution in [0.5, 0.6) is 0 Å². The van der Waals surface area contributed by atoms with Gasteiger partial charge >= 0.3 is 5.97 Å². The van der Waals surface area contributed by atoms with Gasteiger partial charge in [-0.2, -0.15) is 0 Å². The average Bonchev–Trinajstić information content (AvgIpc) is 2.35. The second-order valence-electron chi connectivity index (χ2n) is 4.86. The molecule has 6 heteroatoms. The highest BCUT2D eigenvalue weighted by atomic mass is 16.6. The summed E-state index contributed by atoms with van der Waals surface area (Å²) in [6.45, 7) is 1.29. The van der Waals surface area contributed by atoms with E-state index < -0.39 is 6.10 Å². The number of carbonyl (C=O) groups excluding carboxylic acids is 1. The number of esters is 1. The van der Waals surface area contributed by atoms with Crippen LogP contribution in [0.1, 0.15) is 19.3 Å². The van der Waals surface area contributed by atoms with E-state index in [1.807, 2.05) is 0 Å². The summed E-state index contributed by atoms with van der Waals surface area (Å²) in [4.78, 5) is 11.2. The monoisotopic (exact) mass is 259 g/mol. The maximum absolute atomic E-state index is 11.2. The zero-order valence-corrected chi connectivity index (χ0v) is 10.6. The van der Waals surface area contributed by atoms with E-state index in [2.05, 4.69) is 10.1 Å². The Morgan fingerprint density at radius 1 is 1.44 bits per heavy atom. The van der Waals surface area contributed by atoms with Crippen LogP contribution in [0.25, 0.3) is 0 Å². The summed E-state index contributed by atoms with van der Waals surface area (Å²) < 4.78 is 15.9. The van der Waals surface area contributed by atoms with E-state index in [0.717, 1.165) is 12.8 Å². The van der Waals surface area contributed by atoms with Gasteiger partial charge in [-0.15, -0.1) is 0 Å². The molecule has 0 amide bonds. The van der Waals surface area contributed by atoms with Crippen molar-refractivity contribution in [1.82, 2.24) is 5.32 Å². The predicted molar refractivity (Wildman–Crippen MR) is 63.1 cm³/mol. The fraction of sp³-hybridized carbons (Fsp3) is 0.917. The molecule has 104 valence electrons. The number of aliphatic hydroxyl groups is 1. The number of rotatable bonds is 2. The van der Waals surface area contributed by atoms with Gasteiger partial charge < -0.3 is 24.6 Å². The van der Waals surface area contributed by atoms with Crippen LogP contribution in [0.3, 0.4) is 0 Å². The van der Waals surface area contributed by atoms with Crippen LogP contribution in [0.2, 0.25) is 0 Å². The molecule has 0 bridgehead atoms. The van der Waals surface area contributed by atoms with Gasteiger partial charge in [-0.05, 0) is 12.8 Å². The summed E-state index contributed by atoms with van der Waals surface area (Å²) in [5, 5.41) is 12.8. The Morgan fingerprint density at radius 2 is 2.28 bits per heavy atom. The lowest BCUT2D eigenvalue weighted by atomic mass is 9.96. The number of methoxy groups -OCH3 is 1. The van der Waals surface area contributed by atoms with E-state index in [0.29, 0.717) is 26.2 Å². The van der Waals surface area contributed by atoms with E-state index >= 15 is 0 Å². The summed E-state index contributed by atoms with van der Waals surface area (Å²) >= 11 is 0. The van der Waals surface area contributed by atoms with Crippen molar-refractivity contribution in [2.24, 2.45) is 0 Å². The molecule has 4 atom stereocenters. The minimum absolute atomic E-state index is 0.0547. The van der Waals surface area contributed by atoms with Gasteiger partial charge in [0, 0.05) is 12.6 Å². The molecular formula is C12H21NO5. The fourth-order valence-corrected chi connectivity index (χ4v) is 2.44. The molecule has 18 heavy (non-hydrogen) atoms. The smallest absolute Gasteiger partial charge is 0.308 e. The van der Waals surface area contributed by atoms with Gasteiger partial charge in [0.05, 0.1) is 45.1 Å². The highest BCUT2D eigenvalue weighted by Crippen LogP contribution is 2.23. The summed E-state index contributed by atoms with van der Waals surface area (Å²) in [5.41, 5.74) is 0. The molecule has 2 rings (SSSR count). The summed E-state index contributed by atoms with van der Waals surface area (Å²) in [6, 6.07) is 0.189. The Hall–Kier alpha value is -0.690.